The van der Waals surface area contributed by atoms with Crippen molar-refractivity contribution in [1.29, 1.82) is 0 Å². The van der Waals surface area contributed by atoms with Gasteiger partial charge in [-0.25, -0.2) is 9.59 Å². The second kappa shape index (κ2) is 8.31. The number of benzene rings is 1. The zero-order chi connectivity index (χ0) is 18.5. The molecular weight excluding hydrogens is 336 g/mol. The molecule has 7 heteroatoms. The lowest BCUT2D eigenvalue weighted by atomic mass is 10.1. The molecule has 1 N–H and O–H groups in total. The van der Waals surface area contributed by atoms with Gasteiger partial charge in [-0.05, 0) is 31.2 Å². The highest BCUT2D eigenvalue weighted by Gasteiger charge is 2.37. The third-order valence-corrected chi connectivity index (χ3v) is 5.09. The fraction of sp³-hybridized carbons (Fsp3) is 0.526. The van der Waals surface area contributed by atoms with E-state index in [0.717, 1.165) is 37.5 Å². The van der Waals surface area contributed by atoms with Crippen molar-refractivity contribution in [1.82, 2.24) is 9.80 Å². The molecule has 7 nitrogen and oxygen atoms in total. The van der Waals surface area contributed by atoms with Gasteiger partial charge in [-0.2, -0.15) is 0 Å². The van der Waals surface area contributed by atoms with Gasteiger partial charge in [-0.1, -0.05) is 24.3 Å². The van der Waals surface area contributed by atoms with Crippen LogP contribution in [-0.4, -0.2) is 65.0 Å². The van der Waals surface area contributed by atoms with Crippen molar-refractivity contribution in [3.63, 3.8) is 0 Å². The molecule has 1 heterocycles. The maximum Gasteiger partial charge on any atom is 0.408 e. The number of rotatable bonds is 5. The third-order valence-electron chi connectivity index (χ3n) is 5.09. The minimum atomic E-state index is -1.09. The van der Waals surface area contributed by atoms with Gasteiger partial charge < -0.3 is 9.84 Å². The molecule has 2 fully saturated rings. The quantitative estimate of drug-likeness (QED) is 0.639. The summed E-state index contributed by atoms with van der Waals surface area (Å²) in [6, 6.07) is 6.46. The normalized spacial score (nSPS) is 21.5. The Bertz CT molecular complexity index is 654. The van der Waals surface area contributed by atoms with Gasteiger partial charge in [0.25, 0.3) is 0 Å². The summed E-state index contributed by atoms with van der Waals surface area (Å²) < 4.78 is 5.55. The fourth-order valence-corrected chi connectivity index (χ4v) is 3.62. The second-order valence-corrected chi connectivity index (χ2v) is 6.93. The number of hydrogen-bond acceptors (Lipinski definition) is 5. The van der Waals surface area contributed by atoms with E-state index in [1.165, 1.54) is 4.90 Å². The molecule has 26 heavy (non-hydrogen) atoms. The number of piperazine rings is 1. The minimum absolute atomic E-state index is 0.0793. The first-order chi connectivity index (χ1) is 12.6. The highest BCUT2D eigenvalue weighted by Crippen LogP contribution is 2.23. The van der Waals surface area contributed by atoms with E-state index in [4.69, 9.17) is 4.74 Å². The molecule has 1 atom stereocenters. The van der Waals surface area contributed by atoms with Gasteiger partial charge in [0.05, 0.1) is 0 Å². The summed E-state index contributed by atoms with van der Waals surface area (Å²) in [6.45, 7) is 1.73. The molecular formula is C19H24N2O5. The van der Waals surface area contributed by atoms with Gasteiger partial charge in [-0.15, -0.1) is 0 Å². The van der Waals surface area contributed by atoms with Crippen molar-refractivity contribution >= 4 is 18.3 Å². The van der Waals surface area contributed by atoms with E-state index in [1.54, 1.807) is 12.1 Å². The lowest BCUT2D eigenvalue weighted by Gasteiger charge is -2.38. The molecule has 0 bridgehead atoms. The number of hydrogen-bond donors (Lipinski definition) is 1. The number of ether oxygens (including phenoxy) is 1. The number of carbonyl (C=O) groups is 3. The smallest absolute Gasteiger partial charge is 0.408 e. The van der Waals surface area contributed by atoms with Crippen LogP contribution in [0.5, 0.6) is 0 Å². The summed E-state index contributed by atoms with van der Waals surface area (Å²) in [5, 5.41) is 9.42. The summed E-state index contributed by atoms with van der Waals surface area (Å²) >= 11 is 0. The number of carboxylic acid groups (broad SMARTS) is 1. The molecule has 0 aromatic heterocycles. The minimum Gasteiger partial charge on any atom is -0.465 e. The molecule has 3 rings (SSSR count). The number of nitrogens with zero attached hydrogens (tertiary/aromatic N) is 2. The molecule has 1 aliphatic heterocycles. The number of esters is 1. The SMILES string of the molecule is O=Cc1ccc(CN2CCN(C(=O)O)C(C(=O)OC3CCCC3)C2)cc1. The predicted molar refractivity (Wildman–Crippen MR) is 94.0 cm³/mol. The first-order valence-corrected chi connectivity index (χ1v) is 9.03. The standard InChI is InChI=1S/C19H24N2O5/c22-13-15-7-5-14(6-8-15)11-20-9-10-21(19(24)25)17(12-20)18(23)26-16-3-1-2-4-16/h5-8,13,16-17H,1-4,9-12H2,(H,24,25). The molecule has 140 valence electrons. The van der Waals surface area contributed by atoms with Gasteiger partial charge in [0, 0.05) is 31.7 Å². The fourth-order valence-electron chi connectivity index (χ4n) is 3.62. The summed E-state index contributed by atoms with van der Waals surface area (Å²) in [5.41, 5.74) is 1.63. The van der Waals surface area contributed by atoms with Crippen LogP contribution >= 0.6 is 0 Å². The van der Waals surface area contributed by atoms with Crippen LogP contribution in [0.4, 0.5) is 4.79 Å². The molecule has 1 aliphatic carbocycles. The van der Waals surface area contributed by atoms with Crippen molar-refractivity contribution in [2.75, 3.05) is 19.6 Å². The largest absolute Gasteiger partial charge is 0.465 e. The Morgan fingerprint density at radius 1 is 1.15 bits per heavy atom. The van der Waals surface area contributed by atoms with Crippen molar-refractivity contribution in [2.45, 2.75) is 44.4 Å². The van der Waals surface area contributed by atoms with Crippen LogP contribution in [0.1, 0.15) is 41.6 Å². The van der Waals surface area contributed by atoms with Crippen LogP contribution in [0.2, 0.25) is 0 Å². The molecule has 1 amide bonds. The van der Waals surface area contributed by atoms with Gasteiger partial charge in [-0.3, -0.25) is 14.6 Å². The van der Waals surface area contributed by atoms with E-state index in [-0.39, 0.29) is 12.6 Å². The molecule has 1 unspecified atom stereocenters. The van der Waals surface area contributed by atoms with E-state index in [9.17, 15) is 19.5 Å². The third kappa shape index (κ3) is 4.40. The molecule has 1 aromatic rings. The van der Waals surface area contributed by atoms with E-state index in [0.29, 0.717) is 25.2 Å². The number of aldehydes is 1. The molecule has 2 aliphatic rings. The van der Waals surface area contributed by atoms with Crippen molar-refractivity contribution in [3.8, 4) is 0 Å². The lowest BCUT2D eigenvalue weighted by Crippen LogP contribution is -2.58. The van der Waals surface area contributed by atoms with Crippen molar-refractivity contribution < 1.29 is 24.2 Å². The molecule has 1 saturated carbocycles. The van der Waals surface area contributed by atoms with Gasteiger partial charge >= 0.3 is 12.1 Å². The Morgan fingerprint density at radius 2 is 1.85 bits per heavy atom. The average Bonchev–Trinajstić information content (AvgIpc) is 3.15. The first-order valence-electron chi connectivity index (χ1n) is 9.03. The summed E-state index contributed by atoms with van der Waals surface area (Å²) in [5.74, 6) is -0.444. The van der Waals surface area contributed by atoms with E-state index in [2.05, 4.69) is 4.90 Å². The van der Waals surface area contributed by atoms with Crippen LogP contribution in [-0.2, 0) is 16.1 Å². The van der Waals surface area contributed by atoms with Gasteiger partial charge in [0.15, 0.2) is 0 Å². The van der Waals surface area contributed by atoms with Gasteiger partial charge in [0.2, 0.25) is 0 Å². The summed E-state index contributed by atoms with van der Waals surface area (Å²) in [6.07, 6.45) is 3.45. The predicted octanol–water partition coefficient (Wildman–Crippen LogP) is 2.15. The Balaban J connectivity index is 1.64. The highest BCUT2D eigenvalue weighted by molar-refractivity contribution is 5.81. The second-order valence-electron chi connectivity index (χ2n) is 6.93. The average molecular weight is 360 g/mol. The Kier molecular flexibility index (Phi) is 5.88. The van der Waals surface area contributed by atoms with Crippen LogP contribution in [0.15, 0.2) is 24.3 Å². The van der Waals surface area contributed by atoms with Gasteiger partial charge in [0.1, 0.15) is 18.4 Å². The topological polar surface area (TPSA) is 87.2 Å². The summed E-state index contributed by atoms with van der Waals surface area (Å²) in [4.78, 5) is 38.0. The first kappa shape index (κ1) is 18.4. The van der Waals surface area contributed by atoms with E-state index >= 15 is 0 Å². The van der Waals surface area contributed by atoms with Crippen LogP contribution in [0.3, 0.4) is 0 Å². The maximum atomic E-state index is 12.6. The molecule has 0 radical (unpaired) electrons. The van der Waals surface area contributed by atoms with Crippen molar-refractivity contribution in [2.24, 2.45) is 0 Å². The molecule has 1 saturated heterocycles. The Morgan fingerprint density at radius 3 is 2.46 bits per heavy atom. The lowest BCUT2D eigenvalue weighted by molar-refractivity contribution is -0.157. The molecule has 0 spiro atoms. The number of carbonyl (C=O) groups excluding carboxylic acids is 2. The Labute approximate surface area is 152 Å². The van der Waals surface area contributed by atoms with Crippen LogP contribution in [0, 0.1) is 0 Å². The zero-order valence-corrected chi connectivity index (χ0v) is 14.7. The van der Waals surface area contributed by atoms with Crippen molar-refractivity contribution in [3.05, 3.63) is 35.4 Å². The van der Waals surface area contributed by atoms with E-state index in [1.807, 2.05) is 12.1 Å². The number of amides is 1. The molecule has 1 aromatic carbocycles. The monoisotopic (exact) mass is 360 g/mol. The van der Waals surface area contributed by atoms with Crippen LogP contribution in [0.25, 0.3) is 0 Å². The highest BCUT2D eigenvalue weighted by atomic mass is 16.5. The van der Waals surface area contributed by atoms with E-state index < -0.39 is 18.1 Å². The zero-order valence-electron chi connectivity index (χ0n) is 14.7. The summed E-state index contributed by atoms with van der Waals surface area (Å²) in [7, 11) is 0. The maximum absolute atomic E-state index is 12.6. The van der Waals surface area contributed by atoms with Crippen LogP contribution < -0.4 is 0 Å². The Hall–Kier alpha value is -2.41.